The van der Waals surface area contributed by atoms with Gasteiger partial charge in [-0.15, -0.1) is 0 Å². The summed E-state index contributed by atoms with van der Waals surface area (Å²) >= 11 is 0. The second-order valence-electron chi connectivity index (χ2n) is 1.34. The van der Waals surface area contributed by atoms with E-state index in [-0.39, 0.29) is 12.9 Å². The molecule has 0 fully saturated rings. The van der Waals surface area contributed by atoms with Crippen LogP contribution < -0.4 is 0 Å². The van der Waals surface area contributed by atoms with Crippen molar-refractivity contribution in [3.05, 3.63) is 0 Å². The summed E-state index contributed by atoms with van der Waals surface area (Å²) in [5.74, 6) is -0.854. The first-order valence-corrected chi connectivity index (χ1v) is 2.63. The predicted octanol–water partition coefficient (Wildman–Crippen LogP) is -0.571. The minimum atomic E-state index is -0.854. The molecule has 0 saturated heterocycles. The Labute approximate surface area is 57.2 Å². The van der Waals surface area contributed by atoms with Crippen LogP contribution in [0.4, 0.5) is 0 Å². The monoisotopic (exact) mass is 143 g/mol. The number of carbonyl (C=O) groups is 2. The standard InChI is InChI=1S/C5H7N2O3/c1-2-10-5(9)4(3-8)7-6/h3,6H,2H2,1H3/q+1. The van der Waals surface area contributed by atoms with Crippen molar-refractivity contribution in [2.24, 2.45) is 0 Å². The SMILES string of the molecule is CCOC(=O)C(C=O)=[N+]=N. The van der Waals surface area contributed by atoms with Crippen LogP contribution in [0.25, 0.3) is 0 Å². The zero-order valence-electron chi connectivity index (χ0n) is 5.46. The van der Waals surface area contributed by atoms with Crippen molar-refractivity contribution in [1.82, 2.24) is 0 Å². The van der Waals surface area contributed by atoms with Crippen LogP contribution in [0.15, 0.2) is 0 Å². The summed E-state index contributed by atoms with van der Waals surface area (Å²) in [5.41, 5.74) is 5.81. The van der Waals surface area contributed by atoms with Crippen molar-refractivity contribution in [2.45, 2.75) is 6.92 Å². The number of rotatable bonds is 3. The fourth-order valence-corrected chi connectivity index (χ4v) is 0.325. The van der Waals surface area contributed by atoms with Gasteiger partial charge in [-0.3, -0.25) is 4.79 Å². The van der Waals surface area contributed by atoms with Crippen LogP contribution in [0.1, 0.15) is 6.92 Å². The van der Waals surface area contributed by atoms with Gasteiger partial charge in [0.1, 0.15) is 0 Å². The highest BCUT2D eigenvalue weighted by atomic mass is 16.5. The number of hydrogen-bond acceptors (Lipinski definition) is 4. The van der Waals surface area contributed by atoms with Gasteiger partial charge in [-0.1, -0.05) is 0 Å². The maximum atomic E-state index is 10.5. The Hall–Kier alpha value is -1.48. The average Bonchev–Trinajstić information content (AvgIpc) is 1.91. The lowest BCUT2D eigenvalue weighted by atomic mass is 10.4. The van der Waals surface area contributed by atoms with Crippen LogP contribution in [0.2, 0.25) is 0 Å². The van der Waals surface area contributed by atoms with E-state index in [1.165, 1.54) is 0 Å². The van der Waals surface area contributed by atoms with Crippen molar-refractivity contribution >= 4 is 18.0 Å². The first-order chi connectivity index (χ1) is 4.76. The van der Waals surface area contributed by atoms with E-state index in [2.05, 4.69) is 9.53 Å². The molecule has 0 bridgehead atoms. The van der Waals surface area contributed by atoms with E-state index < -0.39 is 11.7 Å². The lowest BCUT2D eigenvalue weighted by molar-refractivity contribution is -0.154. The largest absolute Gasteiger partial charge is 0.487 e. The van der Waals surface area contributed by atoms with Crippen molar-refractivity contribution in [1.29, 1.82) is 5.53 Å². The Balaban J connectivity index is 4.18. The Kier molecular flexibility index (Phi) is 3.75. The van der Waals surface area contributed by atoms with Gasteiger partial charge in [0.2, 0.25) is 6.29 Å². The van der Waals surface area contributed by atoms with Gasteiger partial charge in [0.25, 0.3) is 0 Å². The minimum Gasteiger partial charge on any atom is -0.457 e. The second kappa shape index (κ2) is 4.40. The third-order valence-electron chi connectivity index (χ3n) is 0.717. The predicted molar refractivity (Wildman–Crippen MR) is 30.7 cm³/mol. The summed E-state index contributed by atoms with van der Waals surface area (Å²) in [7, 11) is 0. The lowest BCUT2D eigenvalue weighted by Gasteiger charge is -1.89. The average molecular weight is 143 g/mol. The highest BCUT2D eigenvalue weighted by Gasteiger charge is 2.22. The zero-order valence-corrected chi connectivity index (χ0v) is 5.46. The third-order valence-corrected chi connectivity index (χ3v) is 0.717. The summed E-state index contributed by atoms with van der Waals surface area (Å²) in [6.45, 7) is 1.77. The number of ether oxygens (including phenoxy) is 1. The summed E-state index contributed by atoms with van der Waals surface area (Å²) in [4.78, 5) is 23.1. The lowest BCUT2D eigenvalue weighted by Crippen LogP contribution is -2.19. The van der Waals surface area contributed by atoms with Crippen molar-refractivity contribution in [2.75, 3.05) is 6.61 Å². The molecule has 0 atom stereocenters. The quantitative estimate of drug-likeness (QED) is 0.143. The summed E-state index contributed by atoms with van der Waals surface area (Å²) in [6.07, 6.45) is 0.186. The number of carbonyl (C=O) groups excluding carboxylic acids is 2. The third kappa shape index (κ3) is 2.19. The van der Waals surface area contributed by atoms with E-state index in [0.717, 1.165) is 0 Å². The highest BCUT2D eigenvalue weighted by molar-refractivity contribution is 6.55. The molecule has 0 heterocycles. The molecule has 5 nitrogen and oxygen atoms in total. The maximum Gasteiger partial charge on any atom is 0.487 e. The van der Waals surface area contributed by atoms with Gasteiger partial charge in [0, 0.05) is 0 Å². The van der Waals surface area contributed by atoms with E-state index in [9.17, 15) is 9.59 Å². The molecule has 0 aromatic heterocycles. The molecule has 0 rings (SSSR count). The van der Waals surface area contributed by atoms with Crippen LogP contribution in [0.3, 0.4) is 0 Å². The number of nitrogens with one attached hydrogen (secondary N) is 1. The Bertz CT molecular complexity index is 193. The molecule has 0 aromatic carbocycles. The van der Waals surface area contributed by atoms with Gasteiger partial charge < -0.3 is 4.74 Å². The van der Waals surface area contributed by atoms with Gasteiger partial charge >= 0.3 is 11.7 Å². The number of hydrogen-bond donors (Lipinski definition) is 1. The molecule has 0 saturated carbocycles. The van der Waals surface area contributed by atoms with Crippen LogP contribution in [0, 0.1) is 5.53 Å². The Morgan fingerprint density at radius 1 is 1.80 bits per heavy atom. The minimum absolute atomic E-state index is 0.172. The van der Waals surface area contributed by atoms with Gasteiger partial charge in [0.15, 0.2) is 0 Å². The summed E-state index contributed by atoms with van der Waals surface area (Å²) in [5, 5.41) is 0. The van der Waals surface area contributed by atoms with Gasteiger partial charge in [-0.25, -0.2) is 4.79 Å². The Morgan fingerprint density at radius 2 is 2.40 bits per heavy atom. The molecule has 0 aliphatic rings. The molecule has 10 heavy (non-hydrogen) atoms. The van der Waals surface area contributed by atoms with E-state index in [1.807, 2.05) is 0 Å². The topological polar surface area (TPSA) is 81.3 Å². The van der Waals surface area contributed by atoms with Gasteiger partial charge in [-0.2, -0.15) is 0 Å². The Morgan fingerprint density at radius 3 is 2.70 bits per heavy atom. The fraction of sp³-hybridized carbons (Fsp3) is 0.400. The second-order valence-corrected chi connectivity index (χ2v) is 1.34. The first kappa shape index (κ1) is 8.52. The summed E-state index contributed by atoms with van der Waals surface area (Å²) < 4.78 is 4.36. The van der Waals surface area contributed by atoms with Crippen molar-refractivity contribution in [3.63, 3.8) is 0 Å². The number of esters is 1. The smallest absolute Gasteiger partial charge is 0.457 e. The molecular weight excluding hydrogens is 136 g/mol. The van der Waals surface area contributed by atoms with Crippen LogP contribution in [0.5, 0.6) is 0 Å². The molecule has 0 spiro atoms. The number of nitrogens with zero attached hydrogens (tertiary/aromatic N) is 1. The molecule has 0 aliphatic heterocycles. The molecule has 0 radical (unpaired) electrons. The zero-order chi connectivity index (χ0) is 7.98. The molecular formula is C5H7N2O3+. The van der Waals surface area contributed by atoms with Crippen molar-refractivity contribution in [3.8, 4) is 0 Å². The van der Waals surface area contributed by atoms with Gasteiger partial charge in [-0.05, 0) is 6.92 Å². The van der Waals surface area contributed by atoms with E-state index in [1.54, 1.807) is 6.92 Å². The molecule has 0 unspecified atom stereocenters. The van der Waals surface area contributed by atoms with Crippen LogP contribution >= 0.6 is 0 Å². The van der Waals surface area contributed by atoms with Crippen LogP contribution in [-0.4, -0.2) is 29.4 Å². The molecule has 5 heteroatoms. The van der Waals surface area contributed by atoms with E-state index >= 15 is 0 Å². The normalized spacial score (nSPS) is 7.70. The molecule has 54 valence electrons. The summed E-state index contributed by atoms with van der Waals surface area (Å²) in [6, 6.07) is 0. The highest BCUT2D eigenvalue weighted by Crippen LogP contribution is 1.76. The van der Waals surface area contributed by atoms with Gasteiger partial charge in [0.05, 0.1) is 16.9 Å². The molecule has 0 aliphatic carbocycles. The van der Waals surface area contributed by atoms with E-state index in [0.29, 0.717) is 0 Å². The fourth-order valence-electron chi connectivity index (χ4n) is 0.325. The maximum absolute atomic E-state index is 10.5. The van der Waals surface area contributed by atoms with Crippen LogP contribution in [-0.2, 0) is 14.3 Å². The van der Waals surface area contributed by atoms with Crippen molar-refractivity contribution < 1.29 is 19.1 Å². The number of aldehydes is 1. The molecule has 1 N–H and O–H groups in total. The molecule has 0 amide bonds. The van der Waals surface area contributed by atoms with E-state index in [4.69, 9.17) is 5.53 Å². The molecule has 0 aromatic rings. The first-order valence-electron chi connectivity index (χ1n) is 2.63.